The third-order valence-corrected chi connectivity index (χ3v) is 6.04. The number of ether oxygens (including phenoxy) is 1. The van der Waals surface area contributed by atoms with Crippen LogP contribution in [0, 0.1) is 0 Å². The Kier molecular flexibility index (Phi) is 4.14. The molecule has 0 bridgehead atoms. The standard InChI is InChI=1S/C18H15N3O3S2/c1-24-15-5-7-16(8-6-15)26(22,23)20-14-4-2-3-13(11-14)17-12-21-9-10-25-18(21)19-17/h2-12,20H,1H3. The van der Waals surface area contributed by atoms with Crippen molar-refractivity contribution in [2.24, 2.45) is 0 Å². The van der Waals surface area contributed by atoms with Gasteiger partial charge >= 0.3 is 0 Å². The van der Waals surface area contributed by atoms with Crippen molar-refractivity contribution >= 4 is 32.0 Å². The van der Waals surface area contributed by atoms with Crippen molar-refractivity contribution < 1.29 is 13.2 Å². The molecule has 0 aliphatic heterocycles. The number of imidazole rings is 1. The van der Waals surface area contributed by atoms with Crippen LogP contribution >= 0.6 is 11.3 Å². The van der Waals surface area contributed by atoms with Crippen LogP contribution in [0.4, 0.5) is 5.69 Å². The Morgan fingerprint density at radius 1 is 1.15 bits per heavy atom. The number of thiazole rings is 1. The van der Waals surface area contributed by atoms with Crippen LogP contribution in [0.1, 0.15) is 0 Å². The second-order valence-electron chi connectivity index (χ2n) is 5.58. The third-order valence-electron chi connectivity index (χ3n) is 3.87. The molecule has 0 aliphatic carbocycles. The zero-order chi connectivity index (χ0) is 18.1. The lowest BCUT2D eigenvalue weighted by Crippen LogP contribution is -2.12. The number of anilines is 1. The molecule has 0 atom stereocenters. The highest BCUT2D eigenvalue weighted by molar-refractivity contribution is 7.92. The number of nitrogens with one attached hydrogen (secondary N) is 1. The van der Waals surface area contributed by atoms with Crippen molar-refractivity contribution in [3.8, 4) is 17.0 Å². The molecule has 26 heavy (non-hydrogen) atoms. The molecule has 0 saturated heterocycles. The number of nitrogens with zero attached hydrogens (tertiary/aromatic N) is 2. The van der Waals surface area contributed by atoms with Crippen LogP contribution in [-0.2, 0) is 10.0 Å². The molecule has 132 valence electrons. The first kappa shape index (κ1) is 16.6. The summed E-state index contributed by atoms with van der Waals surface area (Å²) in [4.78, 5) is 5.61. The van der Waals surface area contributed by atoms with E-state index >= 15 is 0 Å². The molecule has 0 amide bonds. The Morgan fingerprint density at radius 3 is 2.69 bits per heavy atom. The van der Waals surface area contributed by atoms with E-state index in [-0.39, 0.29) is 4.90 Å². The summed E-state index contributed by atoms with van der Waals surface area (Å²) in [5.41, 5.74) is 2.12. The van der Waals surface area contributed by atoms with Crippen LogP contribution in [0.15, 0.2) is 71.2 Å². The lowest BCUT2D eigenvalue weighted by molar-refractivity contribution is 0.414. The van der Waals surface area contributed by atoms with Gasteiger partial charge < -0.3 is 4.74 Å². The highest BCUT2D eigenvalue weighted by Gasteiger charge is 2.15. The number of benzene rings is 2. The van der Waals surface area contributed by atoms with Crippen LogP contribution in [-0.4, -0.2) is 24.9 Å². The van der Waals surface area contributed by atoms with E-state index in [0.717, 1.165) is 16.2 Å². The second kappa shape index (κ2) is 6.47. The summed E-state index contributed by atoms with van der Waals surface area (Å²) in [6.07, 6.45) is 3.86. The Bertz CT molecular complexity index is 1130. The number of hydrogen-bond acceptors (Lipinski definition) is 5. The highest BCUT2D eigenvalue weighted by Crippen LogP contribution is 2.25. The van der Waals surface area contributed by atoms with E-state index in [4.69, 9.17) is 4.74 Å². The molecule has 0 radical (unpaired) electrons. The van der Waals surface area contributed by atoms with Crippen molar-refractivity contribution in [1.29, 1.82) is 0 Å². The van der Waals surface area contributed by atoms with Gasteiger partial charge in [-0.15, -0.1) is 11.3 Å². The van der Waals surface area contributed by atoms with Crippen LogP contribution in [0.25, 0.3) is 16.2 Å². The molecule has 2 aromatic carbocycles. The molecular formula is C18H15N3O3S2. The van der Waals surface area contributed by atoms with Gasteiger partial charge in [-0.25, -0.2) is 13.4 Å². The van der Waals surface area contributed by atoms with E-state index in [9.17, 15) is 8.42 Å². The number of hydrogen-bond donors (Lipinski definition) is 1. The summed E-state index contributed by atoms with van der Waals surface area (Å²) in [6, 6.07) is 13.4. The first-order valence-electron chi connectivity index (χ1n) is 7.75. The molecule has 2 aromatic heterocycles. The van der Waals surface area contributed by atoms with Gasteiger partial charge in [-0.05, 0) is 36.4 Å². The van der Waals surface area contributed by atoms with Gasteiger partial charge in [-0.1, -0.05) is 12.1 Å². The fourth-order valence-corrected chi connectivity index (χ4v) is 4.33. The smallest absolute Gasteiger partial charge is 0.261 e. The summed E-state index contributed by atoms with van der Waals surface area (Å²) < 4.78 is 34.8. The normalized spacial score (nSPS) is 11.6. The predicted molar refractivity (Wildman–Crippen MR) is 102 cm³/mol. The molecule has 0 fully saturated rings. The van der Waals surface area contributed by atoms with Gasteiger partial charge in [0.1, 0.15) is 5.75 Å². The van der Waals surface area contributed by atoms with Gasteiger partial charge in [0.15, 0.2) is 4.96 Å². The Hall–Kier alpha value is -2.84. The minimum absolute atomic E-state index is 0.172. The van der Waals surface area contributed by atoms with E-state index < -0.39 is 10.0 Å². The van der Waals surface area contributed by atoms with Crippen molar-refractivity contribution in [3.63, 3.8) is 0 Å². The first-order valence-corrected chi connectivity index (χ1v) is 10.1. The molecule has 8 heteroatoms. The fourth-order valence-electron chi connectivity index (χ4n) is 2.58. The second-order valence-corrected chi connectivity index (χ2v) is 8.14. The molecule has 0 unspecified atom stereocenters. The van der Waals surface area contributed by atoms with Crippen molar-refractivity contribution in [3.05, 3.63) is 66.3 Å². The summed E-state index contributed by atoms with van der Waals surface area (Å²) >= 11 is 1.55. The monoisotopic (exact) mass is 385 g/mol. The van der Waals surface area contributed by atoms with Crippen molar-refractivity contribution in [2.75, 3.05) is 11.8 Å². The predicted octanol–water partition coefficient (Wildman–Crippen LogP) is 3.87. The molecule has 0 spiro atoms. The first-order chi connectivity index (χ1) is 12.5. The van der Waals surface area contributed by atoms with Gasteiger partial charge in [0.05, 0.1) is 17.7 Å². The van der Waals surface area contributed by atoms with Gasteiger partial charge in [0.25, 0.3) is 10.0 Å². The molecular weight excluding hydrogens is 370 g/mol. The SMILES string of the molecule is COc1ccc(S(=O)(=O)Nc2cccc(-c3cn4ccsc4n3)c2)cc1. The van der Waals surface area contributed by atoms with Crippen LogP contribution < -0.4 is 9.46 Å². The van der Waals surface area contributed by atoms with Gasteiger partial charge in [-0.3, -0.25) is 9.12 Å². The maximum Gasteiger partial charge on any atom is 0.261 e. The van der Waals surface area contributed by atoms with Crippen LogP contribution in [0.3, 0.4) is 0 Å². The third kappa shape index (κ3) is 3.16. The zero-order valence-electron chi connectivity index (χ0n) is 13.8. The quantitative estimate of drug-likeness (QED) is 0.566. The van der Waals surface area contributed by atoms with Crippen molar-refractivity contribution in [2.45, 2.75) is 4.90 Å². The average Bonchev–Trinajstić information content (AvgIpc) is 3.23. The van der Waals surface area contributed by atoms with Gasteiger partial charge in [-0.2, -0.15) is 0 Å². The Labute approximate surface area is 154 Å². The summed E-state index contributed by atoms with van der Waals surface area (Å²) in [6.45, 7) is 0. The van der Waals surface area contributed by atoms with E-state index in [1.54, 1.807) is 41.7 Å². The molecule has 2 heterocycles. The number of sulfonamides is 1. The number of rotatable bonds is 5. The Balaban J connectivity index is 1.62. The van der Waals surface area contributed by atoms with E-state index in [1.165, 1.54) is 19.2 Å². The minimum Gasteiger partial charge on any atom is -0.497 e. The molecule has 1 N–H and O–H groups in total. The molecule has 4 aromatic rings. The van der Waals surface area contributed by atoms with E-state index in [0.29, 0.717) is 11.4 Å². The molecule has 6 nitrogen and oxygen atoms in total. The lowest BCUT2D eigenvalue weighted by Gasteiger charge is -2.09. The summed E-state index contributed by atoms with van der Waals surface area (Å²) in [5.74, 6) is 0.602. The van der Waals surface area contributed by atoms with E-state index in [1.807, 2.05) is 28.2 Å². The topological polar surface area (TPSA) is 72.7 Å². The lowest BCUT2D eigenvalue weighted by atomic mass is 10.1. The summed E-state index contributed by atoms with van der Waals surface area (Å²) in [5, 5.41) is 1.96. The maximum atomic E-state index is 12.6. The number of fused-ring (bicyclic) bond motifs is 1. The van der Waals surface area contributed by atoms with Crippen molar-refractivity contribution in [1.82, 2.24) is 9.38 Å². The average molecular weight is 385 g/mol. The molecule has 0 saturated carbocycles. The van der Waals surface area contributed by atoms with Gasteiger partial charge in [0.2, 0.25) is 0 Å². The van der Waals surface area contributed by atoms with E-state index in [2.05, 4.69) is 9.71 Å². The largest absolute Gasteiger partial charge is 0.497 e. The number of methoxy groups -OCH3 is 1. The molecule has 4 rings (SSSR count). The minimum atomic E-state index is -3.68. The Morgan fingerprint density at radius 2 is 1.96 bits per heavy atom. The van der Waals surface area contributed by atoms with Gasteiger partial charge in [0, 0.05) is 29.0 Å². The maximum absolute atomic E-state index is 12.6. The number of aromatic nitrogens is 2. The highest BCUT2D eigenvalue weighted by atomic mass is 32.2. The fraction of sp³-hybridized carbons (Fsp3) is 0.0556. The van der Waals surface area contributed by atoms with Crippen LogP contribution in [0.2, 0.25) is 0 Å². The molecule has 0 aliphatic rings. The van der Waals surface area contributed by atoms with Crippen LogP contribution in [0.5, 0.6) is 5.75 Å². The summed E-state index contributed by atoms with van der Waals surface area (Å²) in [7, 11) is -2.15. The zero-order valence-corrected chi connectivity index (χ0v) is 15.4.